The van der Waals surface area contributed by atoms with Gasteiger partial charge in [0.15, 0.2) is 0 Å². The van der Waals surface area contributed by atoms with E-state index in [4.69, 9.17) is 0 Å². The third-order valence-electron chi connectivity index (χ3n) is 3.87. The topological polar surface area (TPSA) is 57.7 Å². The van der Waals surface area contributed by atoms with Gasteiger partial charge in [0.2, 0.25) is 15.9 Å². The normalized spacial score (nSPS) is 23.2. The second-order valence-electron chi connectivity index (χ2n) is 5.28. The van der Waals surface area contributed by atoms with Crippen LogP contribution in [0, 0.1) is 5.82 Å². The van der Waals surface area contributed by atoms with Gasteiger partial charge in [-0.3, -0.25) is 4.79 Å². The third-order valence-corrected chi connectivity index (χ3v) is 7.88. The Hall–Kier alpha value is -0.770. The molecule has 0 N–H and O–H groups in total. The number of halogens is 1. The first-order valence-electron chi connectivity index (χ1n) is 7.22. The molecule has 2 saturated heterocycles. The number of carbonyl (C=O) groups is 1. The number of benzene rings is 1. The minimum absolute atomic E-state index is 0.171. The first-order valence-corrected chi connectivity index (χ1v) is 11.0. The monoisotopic (exact) mass is 376 g/mol. The summed E-state index contributed by atoms with van der Waals surface area (Å²) in [4.78, 5) is 14.0. The SMILES string of the molecule is O=C([C@H]1CSCN1S(=O)(=O)c1ccccc1F)N1CCSCC1. The molecule has 2 aliphatic rings. The predicted molar refractivity (Wildman–Crippen MR) is 90.4 cm³/mol. The Balaban J connectivity index is 1.86. The van der Waals surface area contributed by atoms with Gasteiger partial charge in [-0.25, -0.2) is 12.8 Å². The predicted octanol–water partition coefficient (Wildman–Crippen LogP) is 1.46. The van der Waals surface area contributed by atoms with Crippen LogP contribution in [0.25, 0.3) is 0 Å². The van der Waals surface area contributed by atoms with Crippen molar-refractivity contribution in [3.05, 3.63) is 30.1 Å². The first-order chi connectivity index (χ1) is 11.0. The van der Waals surface area contributed by atoms with Crippen LogP contribution in [0.3, 0.4) is 0 Å². The highest BCUT2D eigenvalue weighted by atomic mass is 32.2. The minimum atomic E-state index is -4.02. The minimum Gasteiger partial charge on any atom is -0.340 e. The van der Waals surface area contributed by atoms with E-state index >= 15 is 0 Å². The van der Waals surface area contributed by atoms with E-state index in [-0.39, 0.29) is 16.7 Å². The summed E-state index contributed by atoms with van der Waals surface area (Å²) in [6, 6.07) is 4.55. The fraction of sp³-hybridized carbons (Fsp3) is 0.500. The first kappa shape index (κ1) is 17.1. The molecule has 2 fully saturated rings. The Morgan fingerprint density at radius 1 is 1.17 bits per heavy atom. The molecule has 9 heteroatoms. The summed E-state index contributed by atoms with van der Waals surface area (Å²) in [5.74, 6) is 1.36. The van der Waals surface area contributed by atoms with Gasteiger partial charge in [-0.2, -0.15) is 16.1 Å². The van der Waals surface area contributed by atoms with Crippen LogP contribution in [0.5, 0.6) is 0 Å². The second kappa shape index (κ2) is 7.00. The molecule has 3 rings (SSSR count). The van der Waals surface area contributed by atoms with E-state index in [0.717, 1.165) is 21.9 Å². The quantitative estimate of drug-likeness (QED) is 0.800. The number of sulfonamides is 1. The molecular weight excluding hydrogens is 359 g/mol. The lowest BCUT2D eigenvalue weighted by molar-refractivity contribution is -0.133. The Morgan fingerprint density at radius 2 is 1.87 bits per heavy atom. The van der Waals surface area contributed by atoms with Crippen molar-refractivity contribution in [3.8, 4) is 0 Å². The van der Waals surface area contributed by atoms with Crippen LogP contribution >= 0.6 is 23.5 Å². The van der Waals surface area contributed by atoms with Crippen molar-refractivity contribution in [2.45, 2.75) is 10.9 Å². The lowest BCUT2D eigenvalue weighted by Gasteiger charge is -2.31. The van der Waals surface area contributed by atoms with Gasteiger partial charge < -0.3 is 4.90 Å². The summed E-state index contributed by atoms with van der Waals surface area (Å²) < 4.78 is 40.6. The molecule has 2 aliphatic heterocycles. The highest BCUT2D eigenvalue weighted by Crippen LogP contribution is 2.30. The lowest BCUT2D eigenvalue weighted by atomic mass is 10.3. The zero-order valence-corrected chi connectivity index (χ0v) is 14.8. The average Bonchev–Trinajstić information content (AvgIpc) is 3.05. The molecular formula is C14H17FN2O3S3. The van der Waals surface area contributed by atoms with Crippen LogP contribution in [0.1, 0.15) is 0 Å². The van der Waals surface area contributed by atoms with Crippen LogP contribution in [-0.2, 0) is 14.8 Å². The summed E-state index contributed by atoms with van der Waals surface area (Å²) >= 11 is 3.16. The summed E-state index contributed by atoms with van der Waals surface area (Å²) in [6.07, 6.45) is 0. The zero-order valence-electron chi connectivity index (χ0n) is 12.4. The summed E-state index contributed by atoms with van der Waals surface area (Å²) in [5.41, 5.74) is 0. The van der Waals surface area contributed by atoms with Gasteiger partial charge in [0, 0.05) is 30.3 Å². The molecule has 0 aromatic heterocycles. The average molecular weight is 377 g/mol. The highest BCUT2D eigenvalue weighted by molar-refractivity contribution is 8.00. The molecule has 23 heavy (non-hydrogen) atoms. The Labute approximate surface area is 143 Å². The van der Waals surface area contributed by atoms with Gasteiger partial charge in [0.1, 0.15) is 16.8 Å². The van der Waals surface area contributed by atoms with Crippen molar-refractivity contribution in [2.24, 2.45) is 0 Å². The smallest absolute Gasteiger partial charge is 0.247 e. The zero-order chi connectivity index (χ0) is 16.4. The van der Waals surface area contributed by atoms with Crippen LogP contribution in [-0.4, -0.2) is 65.8 Å². The van der Waals surface area contributed by atoms with Gasteiger partial charge in [-0.15, -0.1) is 11.8 Å². The molecule has 0 aliphatic carbocycles. The number of thioether (sulfide) groups is 2. The molecule has 5 nitrogen and oxygen atoms in total. The molecule has 0 unspecified atom stereocenters. The van der Waals surface area contributed by atoms with Gasteiger partial charge in [-0.05, 0) is 12.1 Å². The maximum Gasteiger partial charge on any atom is 0.247 e. The van der Waals surface area contributed by atoms with Crippen LogP contribution < -0.4 is 0 Å². The van der Waals surface area contributed by atoms with Crippen molar-refractivity contribution in [3.63, 3.8) is 0 Å². The van der Waals surface area contributed by atoms with E-state index in [9.17, 15) is 17.6 Å². The number of hydrogen-bond acceptors (Lipinski definition) is 5. The van der Waals surface area contributed by atoms with Crippen LogP contribution in [0.4, 0.5) is 4.39 Å². The number of amides is 1. The number of nitrogens with zero attached hydrogens (tertiary/aromatic N) is 2. The van der Waals surface area contributed by atoms with Crippen LogP contribution in [0.15, 0.2) is 29.2 Å². The molecule has 0 bridgehead atoms. The maximum atomic E-state index is 13.9. The van der Waals surface area contributed by atoms with Gasteiger partial charge in [0.05, 0.1) is 5.88 Å². The Bertz CT molecular complexity index is 692. The van der Waals surface area contributed by atoms with Crippen molar-refractivity contribution in [2.75, 3.05) is 36.2 Å². The highest BCUT2D eigenvalue weighted by Gasteiger charge is 2.42. The second-order valence-corrected chi connectivity index (χ2v) is 9.36. The molecule has 126 valence electrons. The molecule has 0 spiro atoms. The molecule has 1 amide bonds. The van der Waals surface area contributed by atoms with E-state index in [1.807, 2.05) is 0 Å². The molecule has 1 aromatic rings. The van der Waals surface area contributed by atoms with Gasteiger partial charge in [-0.1, -0.05) is 12.1 Å². The van der Waals surface area contributed by atoms with E-state index in [2.05, 4.69) is 0 Å². The van der Waals surface area contributed by atoms with Crippen molar-refractivity contribution in [1.82, 2.24) is 9.21 Å². The van der Waals surface area contributed by atoms with Crippen molar-refractivity contribution in [1.29, 1.82) is 0 Å². The third kappa shape index (κ3) is 3.38. The fourth-order valence-electron chi connectivity index (χ4n) is 2.63. The number of rotatable bonds is 3. The van der Waals surface area contributed by atoms with Gasteiger partial charge in [0.25, 0.3) is 0 Å². The fourth-order valence-corrected chi connectivity index (χ4v) is 6.74. The lowest BCUT2D eigenvalue weighted by Crippen LogP contribution is -2.51. The molecule has 1 aromatic carbocycles. The van der Waals surface area contributed by atoms with E-state index in [1.165, 1.54) is 30.0 Å². The summed E-state index contributed by atoms with van der Waals surface area (Å²) in [6.45, 7) is 1.27. The van der Waals surface area contributed by atoms with Crippen molar-refractivity contribution < 1.29 is 17.6 Å². The van der Waals surface area contributed by atoms with Crippen LogP contribution in [0.2, 0.25) is 0 Å². The standard InChI is InChI=1S/C14H17FN2O3S3/c15-11-3-1-2-4-13(11)23(19,20)17-10-22-9-12(17)14(18)16-5-7-21-8-6-16/h1-4,12H,5-10H2/t12-/m1/s1. The Kier molecular flexibility index (Phi) is 5.19. The largest absolute Gasteiger partial charge is 0.340 e. The molecule has 0 radical (unpaired) electrons. The van der Waals surface area contributed by atoms with Crippen molar-refractivity contribution >= 4 is 39.5 Å². The summed E-state index contributed by atoms with van der Waals surface area (Å²) in [5, 5.41) is 0. The summed E-state index contributed by atoms with van der Waals surface area (Å²) in [7, 11) is -4.02. The van der Waals surface area contributed by atoms with E-state index in [0.29, 0.717) is 18.8 Å². The molecule has 0 saturated carbocycles. The number of hydrogen-bond donors (Lipinski definition) is 0. The molecule has 1 atom stereocenters. The number of carbonyl (C=O) groups excluding carboxylic acids is 1. The maximum absolute atomic E-state index is 13.9. The van der Waals surface area contributed by atoms with E-state index < -0.39 is 21.9 Å². The van der Waals surface area contributed by atoms with Gasteiger partial charge >= 0.3 is 0 Å². The molecule has 2 heterocycles. The van der Waals surface area contributed by atoms with E-state index in [1.54, 1.807) is 16.7 Å². The Morgan fingerprint density at radius 3 is 2.57 bits per heavy atom.